The highest BCUT2D eigenvalue weighted by Gasteiger charge is 2.06. The van der Waals surface area contributed by atoms with E-state index in [1.807, 2.05) is 60.3 Å². The Labute approximate surface area is 135 Å². The van der Waals surface area contributed by atoms with E-state index >= 15 is 0 Å². The zero-order chi connectivity index (χ0) is 16.1. The van der Waals surface area contributed by atoms with E-state index in [2.05, 4.69) is 5.10 Å². The van der Waals surface area contributed by atoms with Crippen molar-refractivity contribution in [3.8, 4) is 16.9 Å². The van der Waals surface area contributed by atoms with Crippen LogP contribution in [0.3, 0.4) is 0 Å². The molecule has 3 aromatic rings. The van der Waals surface area contributed by atoms with Crippen molar-refractivity contribution in [2.75, 3.05) is 0 Å². The van der Waals surface area contributed by atoms with Gasteiger partial charge in [-0.05, 0) is 36.2 Å². The molecule has 0 spiro atoms. The van der Waals surface area contributed by atoms with Crippen molar-refractivity contribution in [3.05, 3.63) is 72.1 Å². The van der Waals surface area contributed by atoms with E-state index in [0.29, 0.717) is 17.9 Å². The van der Waals surface area contributed by atoms with E-state index in [1.165, 1.54) is 0 Å². The van der Waals surface area contributed by atoms with E-state index < -0.39 is 0 Å². The molecule has 0 aliphatic heterocycles. The number of hydrogen-bond acceptors (Lipinski definition) is 3. The molecule has 4 nitrogen and oxygen atoms in total. The highest BCUT2D eigenvalue weighted by molar-refractivity contribution is 5.80. The number of aromatic nitrogens is 2. The molecule has 2 aromatic carbocycles. The second kappa shape index (κ2) is 6.92. The van der Waals surface area contributed by atoms with Crippen LogP contribution >= 0.6 is 0 Å². The summed E-state index contributed by atoms with van der Waals surface area (Å²) in [6.07, 6.45) is 4.60. The van der Waals surface area contributed by atoms with Gasteiger partial charge >= 0.3 is 0 Å². The van der Waals surface area contributed by atoms with Crippen LogP contribution < -0.4 is 4.74 Å². The number of aryl methyl sites for hydroxylation is 1. The molecule has 0 radical (unpaired) electrons. The number of benzene rings is 2. The van der Waals surface area contributed by atoms with E-state index in [1.54, 1.807) is 12.3 Å². The second-order valence-corrected chi connectivity index (χ2v) is 5.27. The molecule has 3 rings (SSSR count). The maximum Gasteiger partial charge on any atom is 0.150 e. The van der Waals surface area contributed by atoms with Gasteiger partial charge < -0.3 is 4.74 Å². The quantitative estimate of drug-likeness (QED) is 0.647. The third-order valence-corrected chi connectivity index (χ3v) is 3.60. The molecule has 0 saturated heterocycles. The molecule has 1 aromatic heterocycles. The normalized spacial score (nSPS) is 10.5. The lowest BCUT2D eigenvalue weighted by Gasteiger charge is -2.09. The Balaban J connectivity index is 1.85. The molecule has 4 heteroatoms. The molecule has 0 aliphatic rings. The van der Waals surface area contributed by atoms with Crippen molar-refractivity contribution in [1.82, 2.24) is 9.78 Å². The smallest absolute Gasteiger partial charge is 0.150 e. The number of nitrogens with zero attached hydrogens (tertiary/aromatic N) is 2. The lowest BCUT2D eigenvalue weighted by Crippen LogP contribution is -1.96. The Hall–Kier alpha value is -2.88. The van der Waals surface area contributed by atoms with Crippen LogP contribution in [-0.2, 0) is 13.2 Å². The van der Waals surface area contributed by atoms with Crippen molar-refractivity contribution >= 4 is 6.29 Å². The zero-order valence-corrected chi connectivity index (χ0v) is 13.0. The minimum absolute atomic E-state index is 0.469. The average Bonchev–Trinajstić information content (AvgIpc) is 3.10. The number of rotatable bonds is 6. The molecule has 0 bridgehead atoms. The van der Waals surface area contributed by atoms with Gasteiger partial charge in [0.2, 0.25) is 0 Å². The maximum atomic E-state index is 11.2. The van der Waals surface area contributed by atoms with Crippen LogP contribution in [-0.4, -0.2) is 16.1 Å². The molecular formula is C19H18N2O2. The zero-order valence-electron chi connectivity index (χ0n) is 13.0. The van der Waals surface area contributed by atoms with Crippen LogP contribution in [0.2, 0.25) is 0 Å². The molecule has 0 aliphatic carbocycles. The first-order valence-electron chi connectivity index (χ1n) is 7.58. The highest BCUT2D eigenvalue weighted by Crippen LogP contribution is 2.26. The Kier molecular flexibility index (Phi) is 4.52. The molecule has 0 N–H and O–H groups in total. The Morgan fingerprint density at radius 3 is 2.65 bits per heavy atom. The van der Waals surface area contributed by atoms with Crippen LogP contribution in [0.1, 0.15) is 22.8 Å². The Bertz CT molecular complexity index is 794. The molecule has 1 heterocycles. The standard InChI is InChI=1S/C19H18N2O2/c1-2-21-12-18(11-20-21)17-8-16(13-22)9-19(10-17)23-14-15-6-4-3-5-7-15/h3-13H,2,14H2,1H3. The fourth-order valence-electron chi connectivity index (χ4n) is 2.37. The van der Waals surface area contributed by atoms with E-state index in [0.717, 1.165) is 29.5 Å². The van der Waals surface area contributed by atoms with Gasteiger partial charge in [-0.25, -0.2) is 0 Å². The van der Waals surface area contributed by atoms with Crippen molar-refractivity contribution < 1.29 is 9.53 Å². The van der Waals surface area contributed by atoms with Gasteiger partial charge in [-0.15, -0.1) is 0 Å². The number of hydrogen-bond donors (Lipinski definition) is 0. The molecule has 23 heavy (non-hydrogen) atoms. The minimum Gasteiger partial charge on any atom is -0.489 e. The highest BCUT2D eigenvalue weighted by atomic mass is 16.5. The van der Waals surface area contributed by atoms with Crippen LogP contribution in [0.4, 0.5) is 0 Å². The van der Waals surface area contributed by atoms with E-state index in [4.69, 9.17) is 4.74 Å². The lowest BCUT2D eigenvalue weighted by molar-refractivity contribution is 0.112. The van der Waals surface area contributed by atoms with Gasteiger partial charge in [-0.2, -0.15) is 5.10 Å². The van der Waals surface area contributed by atoms with Crippen molar-refractivity contribution in [2.24, 2.45) is 0 Å². The molecule has 0 unspecified atom stereocenters. The van der Waals surface area contributed by atoms with Crippen LogP contribution in [0.15, 0.2) is 60.9 Å². The van der Waals surface area contributed by atoms with Crippen molar-refractivity contribution in [3.63, 3.8) is 0 Å². The summed E-state index contributed by atoms with van der Waals surface area (Å²) in [4.78, 5) is 11.2. The van der Waals surface area contributed by atoms with E-state index in [-0.39, 0.29) is 0 Å². The SMILES string of the molecule is CCn1cc(-c2cc(C=O)cc(OCc3ccccc3)c2)cn1. The summed E-state index contributed by atoms with van der Waals surface area (Å²) in [5.41, 5.74) is 3.58. The van der Waals surface area contributed by atoms with Crippen LogP contribution in [0.5, 0.6) is 5.75 Å². The first kappa shape index (κ1) is 15.0. The second-order valence-electron chi connectivity index (χ2n) is 5.27. The predicted molar refractivity (Wildman–Crippen MR) is 89.5 cm³/mol. The summed E-state index contributed by atoms with van der Waals surface area (Å²) >= 11 is 0. The van der Waals surface area contributed by atoms with Crippen LogP contribution in [0.25, 0.3) is 11.1 Å². The summed E-state index contributed by atoms with van der Waals surface area (Å²) in [6, 6.07) is 15.5. The van der Waals surface area contributed by atoms with Crippen molar-refractivity contribution in [2.45, 2.75) is 20.1 Å². The fraction of sp³-hybridized carbons (Fsp3) is 0.158. The number of carbonyl (C=O) groups is 1. The Morgan fingerprint density at radius 1 is 1.13 bits per heavy atom. The largest absolute Gasteiger partial charge is 0.489 e. The molecule has 116 valence electrons. The van der Waals surface area contributed by atoms with Gasteiger partial charge in [0.1, 0.15) is 18.6 Å². The number of aldehydes is 1. The number of carbonyl (C=O) groups excluding carboxylic acids is 1. The molecule has 0 amide bonds. The molecular weight excluding hydrogens is 288 g/mol. The van der Waals surface area contributed by atoms with Gasteiger partial charge in [0.15, 0.2) is 0 Å². The maximum absolute atomic E-state index is 11.2. The first-order chi connectivity index (χ1) is 11.3. The summed E-state index contributed by atoms with van der Waals surface area (Å²) in [5.74, 6) is 0.678. The minimum atomic E-state index is 0.469. The first-order valence-corrected chi connectivity index (χ1v) is 7.58. The third kappa shape index (κ3) is 3.66. The van der Waals surface area contributed by atoms with Gasteiger partial charge in [0, 0.05) is 23.9 Å². The summed E-state index contributed by atoms with van der Waals surface area (Å²) in [5, 5.41) is 4.28. The average molecular weight is 306 g/mol. The van der Waals surface area contributed by atoms with Gasteiger partial charge in [0.05, 0.1) is 6.20 Å². The lowest BCUT2D eigenvalue weighted by atomic mass is 10.1. The molecule has 0 atom stereocenters. The topological polar surface area (TPSA) is 44.1 Å². The third-order valence-electron chi connectivity index (χ3n) is 3.60. The molecule has 0 fully saturated rings. The summed E-state index contributed by atoms with van der Waals surface area (Å²) in [6.45, 7) is 3.31. The fourth-order valence-corrected chi connectivity index (χ4v) is 2.37. The number of ether oxygens (including phenoxy) is 1. The van der Waals surface area contributed by atoms with Crippen molar-refractivity contribution in [1.29, 1.82) is 0 Å². The van der Waals surface area contributed by atoms with Crippen LogP contribution in [0, 0.1) is 0 Å². The monoisotopic (exact) mass is 306 g/mol. The summed E-state index contributed by atoms with van der Waals surface area (Å²) < 4.78 is 7.70. The van der Waals surface area contributed by atoms with E-state index in [9.17, 15) is 4.79 Å². The van der Waals surface area contributed by atoms with Gasteiger partial charge in [0.25, 0.3) is 0 Å². The summed E-state index contributed by atoms with van der Waals surface area (Å²) in [7, 11) is 0. The molecule has 0 saturated carbocycles. The van der Waals surface area contributed by atoms with Gasteiger partial charge in [-0.1, -0.05) is 30.3 Å². The Morgan fingerprint density at radius 2 is 1.96 bits per heavy atom. The van der Waals surface area contributed by atoms with Gasteiger partial charge in [-0.3, -0.25) is 9.48 Å². The predicted octanol–water partition coefficient (Wildman–Crippen LogP) is 3.96.